The molecule has 13 heavy (non-hydrogen) atoms. The summed E-state index contributed by atoms with van der Waals surface area (Å²) in [5.41, 5.74) is 0. The zero-order valence-corrected chi connectivity index (χ0v) is 9.18. The number of halogens is 1. The molecule has 76 valence electrons. The molecule has 1 fully saturated rings. The Hall–Kier alpha value is -0.240. The van der Waals surface area contributed by atoms with E-state index in [-0.39, 0.29) is 11.3 Å². The number of carbonyl (C=O) groups excluding carboxylic acids is 1. The van der Waals surface area contributed by atoms with Crippen LogP contribution in [0.4, 0.5) is 0 Å². The second-order valence-corrected chi connectivity index (χ2v) is 4.43. The van der Waals surface area contributed by atoms with E-state index in [9.17, 15) is 4.79 Å². The van der Waals surface area contributed by atoms with Crippen molar-refractivity contribution in [2.45, 2.75) is 38.5 Å². The highest BCUT2D eigenvalue weighted by molar-refractivity contribution is 6.30. The summed E-state index contributed by atoms with van der Waals surface area (Å²) in [5, 5.41) is -0.315. The van der Waals surface area contributed by atoms with Crippen molar-refractivity contribution in [2.75, 3.05) is 13.1 Å². The minimum atomic E-state index is -0.315. The molecule has 0 aromatic rings. The molecule has 0 saturated carbocycles. The monoisotopic (exact) mass is 203 g/mol. The second-order valence-electron chi connectivity index (χ2n) is 3.91. The first-order chi connectivity index (χ1) is 6.15. The van der Waals surface area contributed by atoms with Crippen LogP contribution in [-0.2, 0) is 4.79 Å². The van der Waals surface area contributed by atoms with Crippen LogP contribution in [-0.4, -0.2) is 29.3 Å². The molecule has 3 heteroatoms. The summed E-state index contributed by atoms with van der Waals surface area (Å²) >= 11 is 5.91. The first-order valence-electron chi connectivity index (χ1n) is 5.08. The number of hydrogen-bond donors (Lipinski definition) is 0. The van der Waals surface area contributed by atoms with Gasteiger partial charge in [-0.1, -0.05) is 13.8 Å². The van der Waals surface area contributed by atoms with Gasteiger partial charge in [0.2, 0.25) is 5.91 Å². The fourth-order valence-electron chi connectivity index (χ4n) is 1.76. The number of carbonyl (C=O) groups is 1. The Morgan fingerprint density at radius 2 is 2.38 bits per heavy atom. The van der Waals surface area contributed by atoms with Crippen molar-refractivity contribution in [3.8, 4) is 0 Å². The van der Waals surface area contributed by atoms with Gasteiger partial charge in [0.1, 0.15) is 5.38 Å². The van der Waals surface area contributed by atoms with E-state index in [4.69, 9.17) is 11.6 Å². The van der Waals surface area contributed by atoms with E-state index in [2.05, 4.69) is 6.92 Å². The van der Waals surface area contributed by atoms with Gasteiger partial charge in [0.15, 0.2) is 0 Å². The summed E-state index contributed by atoms with van der Waals surface area (Å²) in [7, 11) is 0. The van der Waals surface area contributed by atoms with Crippen molar-refractivity contribution in [3.63, 3.8) is 0 Å². The molecular formula is C10H18ClNO. The van der Waals surface area contributed by atoms with E-state index in [1.165, 1.54) is 6.42 Å². The lowest BCUT2D eigenvalue weighted by atomic mass is 10.00. The predicted octanol–water partition coefficient (Wildman–Crippen LogP) is 2.26. The van der Waals surface area contributed by atoms with E-state index < -0.39 is 0 Å². The molecule has 2 nitrogen and oxygen atoms in total. The number of piperidine rings is 1. The number of likely N-dealkylation sites (tertiary alicyclic amines) is 1. The Kier molecular flexibility index (Phi) is 4.04. The van der Waals surface area contributed by atoms with E-state index in [1.54, 1.807) is 0 Å². The molecule has 1 heterocycles. The summed E-state index contributed by atoms with van der Waals surface area (Å²) in [6.07, 6.45) is 3.09. The summed E-state index contributed by atoms with van der Waals surface area (Å²) < 4.78 is 0. The smallest absolute Gasteiger partial charge is 0.240 e. The van der Waals surface area contributed by atoms with Crippen LogP contribution in [0.1, 0.15) is 33.1 Å². The van der Waals surface area contributed by atoms with Gasteiger partial charge in [0, 0.05) is 13.1 Å². The lowest BCUT2D eigenvalue weighted by Gasteiger charge is -2.32. The number of rotatable bonds is 2. The highest BCUT2D eigenvalue weighted by Crippen LogP contribution is 2.18. The molecule has 1 aliphatic heterocycles. The molecule has 0 aromatic carbocycles. The van der Waals surface area contributed by atoms with Gasteiger partial charge < -0.3 is 4.90 Å². The van der Waals surface area contributed by atoms with Crippen LogP contribution in [0.25, 0.3) is 0 Å². The molecule has 0 radical (unpaired) electrons. The fourth-order valence-corrected chi connectivity index (χ4v) is 1.90. The number of hydrogen-bond acceptors (Lipinski definition) is 1. The molecule has 0 unspecified atom stereocenters. The van der Waals surface area contributed by atoms with Crippen LogP contribution in [0.15, 0.2) is 0 Å². The second kappa shape index (κ2) is 4.85. The standard InChI is InChI=1S/C10H18ClNO/c1-3-9(11)10(13)12-6-4-5-8(2)7-12/h8-9H,3-7H2,1-2H3/t8-,9+/m0/s1. The van der Waals surface area contributed by atoms with Crippen molar-refractivity contribution >= 4 is 17.5 Å². The summed E-state index contributed by atoms with van der Waals surface area (Å²) in [5.74, 6) is 0.758. The van der Waals surface area contributed by atoms with E-state index in [0.717, 1.165) is 25.9 Å². The van der Waals surface area contributed by atoms with Crippen molar-refractivity contribution in [3.05, 3.63) is 0 Å². The molecule has 0 spiro atoms. The highest BCUT2D eigenvalue weighted by atomic mass is 35.5. The van der Waals surface area contributed by atoms with Crippen LogP contribution >= 0.6 is 11.6 Å². The van der Waals surface area contributed by atoms with Crippen LogP contribution in [0.2, 0.25) is 0 Å². The first-order valence-corrected chi connectivity index (χ1v) is 5.51. The summed E-state index contributed by atoms with van der Waals surface area (Å²) in [6.45, 7) is 5.92. The van der Waals surface area contributed by atoms with E-state index in [0.29, 0.717) is 5.92 Å². The molecule has 0 N–H and O–H groups in total. The number of alkyl halides is 1. The fraction of sp³-hybridized carbons (Fsp3) is 0.900. The predicted molar refractivity (Wildman–Crippen MR) is 54.9 cm³/mol. The number of amides is 1. The van der Waals surface area contributed by atoms with Gasteiger partial charge in [0.25, 0.3) is 0 Å². The third-order valence-corrected chi connectivity index (χ3v) is 3.09. The average Bonchev–Trinajstić information content (AvgIpc) is 2.15. The zero-order chi connectivity index (χ0) is 9.84. The third-order valence-electron chi connectivity index (χ3n) is 2.60. The normalized spacial score (nSPS) is 25.8. The summed E-state index contributed by atoms with van der Waals surface area (Å²) in [6, 6.07) is 0. The van der Waals surface area contributed by atoms with Crippen molar-refractivity contribution in [2.24, 2.45) is 5.92 Å². The van der Waals surface area contributed by atoms with Gasteiger partial charge in [-0.05, 0) is 25.2 Å². The van der Waals surface area contributed by atoms with Gasteiger partial charge in [-0.2, -0.15) is 0 Å². The molecule has 1 saturated heterocycles. The number of nitrogens with zero attached hydrogens (tertiary/aromatic N) is 1. The van der Waals surface area contributed by atoms with Crippen molar-refractivity contribution < 1.29 is 4.79 Å². The largest absolute Gasteiger partial charge is 0.341 e. The quantitative estimate of drug-likeness (QED) is 0.631. The molecule has 1 aliphatic rings. The van der Waals surface area contributed by atoms with E-state index in [1.807, 2.05) is 11.8 Å². The molecule has 0 aromatic heterocycles. The highest BCUT2D eigenvalue weighted by Gasteiger charge is 2.24. The Balaban J connectivity index is 2.46. The maximum Gasteiger partial charge on any atom is 0.240 e. The Bertz CT molecular complexity index is 184. The molecular weight excluding hydrogens is 186 g/mol. The van der Waals surface area contributed by atoms with E-state index >= 15 is 0 Å². The maximum absolute atomic E-state index is 11.7. The SMILES string of the molecule is CC[C@@H](Cl)C(=O)N1CCC[C@H](C)C1. The lowest BCUT2D eigenvalue weighted by Crippen LogP contribution is -2.42. The van der Waals surface area contributed by atoms with Crippen LogP contribution < -0.4 is 0 Å². The van der Waals surface area contributed by atoms with Gasteiger partial charge >= 0.3 is 0 Å². The van der Waals surface area contributed by atoms with Crippen LogP contribution in [0, 0.1) is 5.92 Å². The minimum absolute atomic E-state index is 0.121. The Morgan fingerprint density at radius 3 is 2.92 bits per heavy atom. The molecule has 0 aliphatic carbocycles. The average molecular weight is 204 g/mol. The molecule has 1 amide bonds. The van der Waals surface area contributed by atoms with Gasteiger partial charge in [0.05, 0.1) is 0 Å². The van der Waals surface area contributed by atoms with Gasteiger partial charge in [-0.25, -0.2) is 0 Å². The molecule has 2 atom stereocenters. The molecule has 1 rings (SSSR count). The van der Waals surface area contributed by atoms with Gasteiger partial charge in [-0.15, -0.1) is 11.6 Å². The lowest BCUT2D eigenvalue weighted by molar-refractivity contribution is -0.132. The third kappa shape index (κ3) is 2.87. The Morgan fingerprint density at radius 1 is 1.69 bits per heavy atom. The maximum atomic E-state index is 11.7. The zero-order valence-electron chi connectivity index (χ0n) is 8.42. The Labute approximate surface area is 85.2 Å². The first kappa shape index (κ1) is 10.8. The topological polar surface area (TPSA) is 20.3 Å². The minimum Gasteiger partial charge on any atom is -0.341 e. The molecule has 0 bridgehead atoms. The van der Waals surface area contributed by atoms with Crippen molar-refractivity contribution in [1.82, 2.24) is 4.90 Å². The van der Waals surface area contributed by atoms with Crippen molar-refractivity contribution in [1.29, 1.82) is 0 Å². The summed E-state index contributed by atoms with van der Waals surface area (Å²) in [4.78, 5) is 13.6. The van der Waals surface area contributed by atoms with Crippen LogP contribution in [0.5, 0.6) is 0 Å². The van der Waals surface area contributed by atoms with Crippen LogP contribution in [0.3, 0.4) is 0 Å². The van der Waals surface area contributed by atoms with Gasteiger partial charge in [-0.3, -0.25) is 4.79 Å².